The first-order chi connectivity index (χ1) is 16.5. The van der Waals surface area contributed by atoms with Crippen LogP contribution < -0.4 is 16.0 Å². The van der Waals surface area contributed by atoms with Gasteiger partial charge in [0.1, 0.15) is 0 Å². The van der Waals surface area contributed by atoms with Gasteiger partial charge in [-0.1, -0.05) is 26.0 Å². The number of amides is 2. The van der Waals surface area contributed by atoms with Crippen molar-refractivity contribution >= 4 is 34.3 Å². The van der Waals surface area contributed by atoms with Crippen LogP contribution >= 0.6 is 0 Å². The largest absolute Gasteiger partial charge is 0.417 e. The SMILES string of the molecule is CC.COCCCc1cccc(N2CCN(C(=O)C(=O)Nc3ccc4[nH]c(=O)oc4c3)CC2)c1. The molecule has 2 heterocycles. The molecule has 2 N–H and O–H groups in total. The number of piperazine rings is 1. The highest BCUT2D eigenvalue weighted by molar-refractivity contribution is 6.39. The lowest BCUT2D eigenvalue weighted by atomic mass is 10.1. The van der Waals surface area contributed by atoms with Gasteiger partial charge in [-0.25, -0.2) is 4.79 Å². The molecule has 9 heteroatoms. The minimum atomic E-state index is -0.712. The third-order valence-corrected chi connectivity index (χ3v) is 5.53. The van der Waals surface area contributed by atoms with Crippen LogP contribution in [0.4, 0.5) is 11.4 Å². The van der Waals surface area contributed by atoms with Crippen molar-refractivity contribution in [2.45, 2.75) is 26.7 Å². The highest BCUT2D eigenvalue weighted by Gasteiger charge is 2.26. The highest BCUT2D eigenvalue weighted by atomic mass is 16.5. The second-order valence-corrected chi connectivity index (χ2v) is 7.73. The Morgan fingerprint density at radius 3 is 2.59 bits per heavy atom. The summed E-state index contributed by atoms with van der Waals surface area (Å²) in [5.74, 6) is -1.86. The van der Waals surface area contributed by atoms with Gasteiger partial charge >= 0.3 is 17.6 Å². The first kappa shape index (κ1) is 25.0. The maximum absolute atomic E-state index is 12.6. The normalized spacial score (nSPS) is 13.4. The molecule has 0 atom stereocenters. The Hall–Kier alpha value is -3.59. The molecule has 0 bridgehead atoms. The van der Waals surface area contributed by atoms with Crippen molar-refractivity contribution in [1.29, 1.82) is 0 Å². The van der Waals surface area contributed by atoms with Crippen molar-refractivity contribution in [1.82, 2.24) is 9.88 Å². The number of H-pyrrole nitrogens is 1. The number of aromatic amines is 1. The summed E-state index contributed by atoms with van der Waals surface area (Å²) < 4.78 is 10.1. The molecular weight excluding hydrogens is 436 g/mol. The third-order valence-electron chi connectivity index (χ3n) is 5.53. The lowest BCUT2D eigenvalue weighted by Gasteiger charge is -2.36. The van der Waals surface area contributed by atoms with Crippen molar-refractivity contribution in [2.75, 3.05) is 50.1 Å². The van der Waals surface area contributed by atoms with Gasteiger partial charge in [0.05, 0.1) is 5.52 Å². The van der Waals surface area contributed by atoms with E-state index >= 15 is 0 Å². The van der Waals surface area contributed by atoms with Crippen LogP contribution in [-0.4, -0.2) is 61.6 Å². The van der Waals surface area contributed by atoms with Gasteiger partial charge in [-0.05, 0) is 42.7 Å². The minimum Gasteiger partial charge on any atom is -0.408 e. The molecule has 1 aliphatic heterocycles. The van der Waals surface area contributed by atoms with Crippen LogP contribution in [0.1, 0.15) is 25.8 Å². The molecule has 9 nitrogen and oxygen atoms in total. The third kappa shape index (κ3) is 6.26. The van der Waals surface area contributed by atoms with Crippen molar-refractivity contribution in [3.63, 3.8) is 0 Å². The molecule has 0 saturated carbocycles. The number of hydrogen-bond donors (Lipinski definition) is 2. The van der Waals surface area contributed by atoms with Crippen LogP contribution in [0.25, 0.3) is 11.1 Å². The first-order valence-corrected chi connectivity index (χ1v) is 11.6. The Balaban J connectivity index is 0.00000158. The average Bonchev–Trinajstić information content (AvgIpc) is 3.24. The van der Waals surface area contributed by atoms with E-state index in [-0.39, 0.29) is 0 Å². The molecule has 34 heavy (non-hydrogen) atoms. The Bertz CT molecular complexity index is 1160. The van der Waals surface area contributed by atoms with E-state index in [2.05, 4.69) is 33.4 Å². The molecule has 1 saturated heterocycles. The molecule has 1 fully saturated rings. The van der Waals surface area contributed by atoms with E-state index in [0.717, 1.165) is 25.1 Å². The molecule has 0 spiro atoms. The number of ether oxygens (including phenoxy) is 1. The molecule has 3 aromatic rings. The van der Waals surface area contributed by atoms with Crippen molar-refractivity contribution in [3.8, 4) is 0 Å². The van der Waals surface area contributed by atoms with Gasteiger partial charge in [0.2, 0.25) is 0 Å². The van der Waals surface area contributed by atoms with Gasteiger partial charge in [0.25, 0.3) is 0 Å². The number of aryl methyl sites for hydroxylation is 1. The van der Waals surface area contributed by atoms with Crippen LogP contribution in [0.15, 0.2) is 51.7 Å². The zero-order valence-electron chi connectivity index (χ0n) is 19.9. The topological polar surface area (TPSA) is 108 Å². The Morgan fingerprint density at radius 2 is 1.85 bits per heavy atom. The standard InChI is InChI=1S/C23H26N4O5.C2H6/c1-31-13-3-5-16-4-2-6-18(14-16)26-9-11-27(12-10-26)22(29)21(28)24-17-7-8-19-20(15-17)32-23(30)25-19;1-2/h2,4,6-8,14-15H,3,5,9-13H2,1H3,(H,24,28)(H,25,30);1-2H3. The van der Waals surface area contributed by atoms with Crippen LogP contribution in [0.3, 0.4) is 0 Å². The smallest absolute Gasteiger partial charge is 0.408 e. The summed E-state index contributed by atoms with van der Waals surface area (Å²) in [6, 6.07) is 13.1. The molecule has 1 aliphatic rings. The monoisotopic (exact) mass is 468 g/mol. The van der Waals surface area contributed by atoms with Crippen LogP contribution in [0.2, 0.25) is 0 Å². The van der Waals surface area contributed by atoms with E-state index in [1.165, 1.54) is 11.6 Å². The van der Waals surface area contributed by atoms with E-state index < -0.39 is 17.6 Å². The molecule has 0 radical (unpaired) electrons. The summed E-state index contributed by atoms with van der Waals surface area (Å²) in [7, 11) is 1.71. The van der Waals surface area contributed by atoms with Crippen molar-refractivity contribution in [2.24, 2.45) is 0 Å². The van der Waals surface area contributed by atoms with Crippen molar-refractivity contribution < 1.29 is 18.7 Å². The maximum atomic E-state index is 12.6. The van der Waals surface area contributed by atoms with Gasteiger partial charge < -0.3 is 24.3 Å². The number of nitrogens with one attached hydrogen (secondary N) is 2. The Kier molecular flexibility index (Phi) is 8.86. The number of anilines is 2. The molecular formula is C25H32N4O5. The second-order valence-electron chi connectivity index (χ2n) is 7.73. The van der Waals surface area contributed by atoms with E-state index in [1.54, 1.807) is 24.1 Å². The molecule has 4 rings (SSSR count). The number of benzene rings is 2. The number of oxazole rings is 1. The van der Waals surface area contributed by atoms with Crippen LogP contribution in [0.5, 0.6) is 0 Å². The van der Waals surface area contributed by atoms with Gasteiger partial charge in [-0.2, -0.15) is 0 Å². The Morgan fingerprint density at radius 1 is 1.09 bits per heavy atom. The van der Waals surface area contributed by atoms with Gasteiger partial charge in [0, 0.05) is 57.3 Å². The lowest BCUT2D eigenvalue weighted by Crippen LogP contribution is -2.51. The molecule has 2 amide bonds. The summed E-state index contributed by atoms with van der Waals surface area (Å²) in [6.45, 7) is 6.97. The molecule has 182 valence electrons. The first-order valence-electron chi connectivity index (χ1n) is 11.6. The number of rotatable bonds is 6. The summed E-state index contributed by atoms with van der Waals surface area (Å²) in [4.78, 5) is 42.6. The van der Waals surface area contributed by atoms with Crippen molar-refractivity contribution in [3.05, 3.63) is 58.6 Å². The fourth-order valence-corrected chi connectivity index (χ4v) is 3.85. The summed E-state index contributed by atoms with van der Waals surface area (Å²) in [5, 5.41) is 2.59. The number of hydrogen-bond acceptors (Lipinski definition) is 6. The molecule has 0 unspecified atom stereocenters. The summed E-state index contributed by atoms with van der Waals surface area (Å²) in [5.41, 5.74) is 3.62. The fraction of sp³-hybridized carbons (Fsp3) is 0.400. The maximum Gasteiger partial charge on any atom is 0.417 e. The number of carbonyl (C=O) groups is 2. The average molecular weight is 469 g/mol. The predicted molar refractivity (Wildman–Crippen MR) is 132 cm³/mol. The van der Waals surface area contributed by atoms with E-state index in [0.29, 0.717) is 43.0 Å². The molecule has 0 aliphatic carbocycles. The number of fused-ring (bicyclic) bond motifs is 1. The lowest BCUT2D eigenvalue weighted by molar-refractivity contribution is -0.143. The Labute approximate surface area is 198 Å². The number of methoxy groups -OCH3 is 1. The fourth-order valence-electron chi connectivity index (χ4n) is 3.85. The number of carbonyl (C=O) groups excluding carboxylic acids is 2. The highest BCUT2D eigenvalue weighted by Crippen LogP contribution is 2.20. The van der Waals surface area contributed by atoms with Crippen LogP contribution in [-0.2, 0) is 20.7 Å². The van der Waals surface area contributed by atoms with Gasteiger partial charge in [0.15, 0.2) is 5.58 Å². The van der Waals surface area contributed by atoms with E-state index in [1.807, 2.05) is 19.9 Å². The summed E-state index contributed by atoms with van der Waals surface area (Å²) >= 11 is 0. The minimum absolute atomic E-state index is 0.318. The molecule has 2 aromatic carbocycles. The summed E-state index contributed by atoms with van der Waals surface area (Å²) in [6.07, 6.45) is 1.93. The quantitative estimate of drug-likeness (QED) is 0.425. The predicted octanol–water partition coefficient (Wildman–Crippen LogP) is 3.01. The number of nitrogens with zero attached hydrogens (tertiary/aromatic N) is 2. The number of aromatic nitrogens is 1. The second kappa shape index (κ2) is 12.0. The van der Waals surface area contributed by atoms with E-state index in [4.69, 9.17) is 9.15 Å². The van der Waals surface area contributed by atoms with Gasteiger partial charge in [-0.3, -0.25) is 14.6 Å². The van der Waals surface area contributed by atoms with Gasteiger partial charge in [-0.15, -0.1) is 0 Å². The van der Waals surface area contributed by atoms with Crippen LogP contribution in [0, 0.1) is 0 Å². The zero-order chi connectivity index (χ0) is 24.5. The molecule has 1 aromatic heterocycles. The zero-order valence-corrected chi connectivity index (χ0v) is 19.9. The van der Waals surface area contributed by atoms with E-state index in [9.17, 15) is 14.4 Å².